The number of H-pyrrole nitrogens is 1. The van der Waals surface area contributed by atoms with Gasteiger partial charge in [-0.2, -0.15) is 0 Å². The van der Waals surface area contributed by atoms with Crippen molar-refractivity contribution in [1.29, 1.82) is 0 Å². The number of phenolic OH excluding ortho intramolecular Hbond substituents is 1. The number of hydrogen-bond donors (Lipinski definition) is 4. The van der Waals surface area contributed by atoms with Crippen molar-refractivity contribution >= 4 is 21.6 Å². The van der Waals surface area contributed by atoms with E-state index in [0.717, 1.165) is 23.2 Å². The first-order valence-electron chi connectivity index (χ1n) is 9.39. The molecule has 4 rings (SSSR count). The topological polar surface area (TPSA) is 85.4 Å². The largest absolute Gasteiger partial charge is 0.506 e. The molecule has 2 fully saturated rings. The van der Waals surface area contributed by atoms with E-state index in [9.17, 15) is 15.0 Å². The van der Waals surface area contributed by atoms with Gasteiger partial charge in [-0.05, 0) is 30.7 Å². The van der Waals surface area contributed by atoms with Crippen molar-refractivity contribution in [2.75, 3.05) is 6.54 Å². The number of aliphatic hydroxyl groups is 1. The Bertz CT molecular complexity index is 794. The molecule has 0 saturated heterocycles. The van der Waals surface area contributed by atoms with Crippen LogP contribution in [0.4, 0.5) is 0 Å². The minimum absolute atomic E-state index is 0.0503. The number of aromatic amines is 1. The van der Waals surface area contributed by atoms with Gasteiger partial charge in [-0.15, -0.1) is 0 Å². The van der Waals surface area contributed by atoms with Crippen LogP contribution >= 0.6 is 11.3 Å². The van der Waals surface area contributed by atoms with Gasteiger partial charge in [0.05, 0.1) is 10.8 Å². The Labute approximate surface area is 151 Å². The molecule has 5 nitrogen and oxygen atoms in total. The van der Waals surface area contributed by atoms with Crippen molar-refractivity contribution in [2.24, 2.45) is 11.8 Å². The smallest absolute Gasteiger partial charge is 0.305 e. The van der Waals surface area contributed by atoms with Crippen molar-refractivity contribution in [1.82, 2.24) is 10.3 Å². The molecule has 1 heterocycles. The van der Waals surface area contributed by atoms with Gasteiger partial charge in [0.1, 0.15) is 11.3 Å². The van der Waals surface area contributed by atoms with Crippen molar-refractivity contribution < 1.29 is 10.2 Å². The zero-order chi connectivity index (χ0) is 17.4. The van der Waals surface area contributed by atoms with Crippen LogP contribution in [0.2, 0.25) is 0 Å². The lowest BCUT2D eigenvalue weighted by molar-refractivity contribution is 0.162. The summed E-state index contributed by atoms with van der Waals surface area (Å²) >= 11 is 1.04. The molecule has 2 aliphatic rings. The molecule has 0 amide bonds. The molecule has 136 valence electrons. The number of benzene rings is 1. The molecule has 0 spiro atoms. The summed E-state index contributed by atoms with van der Waals surface area (Å²) in [4.78, 5) is 14.1. The van der Waals surface area contributed by atoms with Crippen LogP contribution in [0.3, 0.4) is 0 Å². The van der Waals surface area contributed by atoms with Gasteiger partial charge in [0, 0.05) is 18.2 Å². The van der Waals surface area contributed by atoms with Crippen molar-refractivity contribution in [3.8, 4) is 5.75 Å². The van der Waals surface area contributed by atoms with Gasteiger partial charge >= 0.3 is 4.87 Å². The highest BCUT2D eigenvalue weighted by atomic mass is 32.1. The van der Waals surface area contributed by atoms with Gasteiger partial charge in [-0.1, -0.05) is 49.5 Å². The minimum atomic E-state index is -0.681. The number of fused-ring (bicyclic) bond motifs is 1. The zero-order valence-electron chi connectivity index (χ0n) is 14.3. The second-order valence-corrected chi connectivity index (χ2v) is 8.55. The maximum Gasteiger partial charge on any atom is 0.305 e. The standard InChI is InChI=1S/C19H26N2O3S/c22-15-9-8-13(18-17(15)21-19(24)25-18)16(23)10-20-14-7-3-6-12(14)11-4-1-2-5-11/h8-9,11-12,14,16,20,22-23H,1-7,10H2,(H,21,24)/t12-,14+,16+/m1/s1. The normalized spacial score (nSPS) is 25.8. The summed E-state index contributed by atoms with van der Waals surface area (Å²) in [6.45, 7) is 0.486. The first kappa shape index (κ1) is 17.1. The summed E-state index contributed by atoms with van der Waals surface area (Å²) < 4.78 is 0.651. The van der Waals surface area contributed by atoms with Gasteiger partial charge in [0.2, 0.25) is 0 Å². The number of phenols is 1. The lowest BCUT2D eigenvalue weighted by Crippen LogP contribution is -2.37. The average Bonchev–Trinajstić information content (AvgIpc) is 3.32. The van der Waals surface area contributed by atoms with Crippen LogP contribution in [-0.2, 0) is 0 Å². The van der Waals surface area contributed by atoms with Crippen LogP contribution in [0.25, 0.3) is 10.2 Å². The molecule has 2 saturated carbocycles. The Kier molecular flexibility index (Phi) is 4.84. The van der Waals surface area contributed by atoms with Crippen LogP contribution in [-0.4, -0.2) is 27.8 Å². The molecule has 0 bridgehead atoms. The van der Waals surface area contributed by atoms with Gasteiger partial charge < -0.3 is 20.5 Å². The van der Waals surface area contributed by atoms with E-state index >= 15 is 0 Å². The van der Waals surface area contributed by atoms with Crippen molar-refractivity contribution in [2.45, 2.75) is 57.1 Å². The second-order valence-electron chi connectivity index (χ2n) is 7.56. The number of aromatic hydroxyl groups is 1. The van der Waals surface area contributed by atoms with Gasteiger partial charge in [0.25, 0.3) is 0 Å². The Hall–Kier alpha value is -1.37. The molecular weight excluding hydrogens is 336 g/mol. The van der Waals surface area contributed by atoms with E-state index < -0.39 is 6.10 Å². The number of nitrogens with one attached hydrogen (secondary N) is 2. The lowest BCUT2D eigenvalue weighted by Gasteiger charge is -2.27. The van der Waals surface area contributed by atoms with Crippen LogP contribution < -0.4 is 10.2 Å². The highest BCUT2D eigenvalue weighted by Gasteiger charge is 2.35. The first-order chi connectivity index (χ1) is 12.1. The van der Waals surface area contributed by atoms with Crippen LogP contribution in [0, 0.1) is 11.8 Å². The first-order valence-corrected chi connectivity index (χ1v) is 10.2. The Morgan fingerprint density at radius 3 is 2.80 bits per heavy atom. The van der Waals surface area contributed by atoms with Crippen LogP contribution in [0.1, 0.15) is 56.6 Å². The summed E-state index contributed by atoms with van der Waals surface area (Å²) in [7, 11) is 0. The second kappa shape index (κ2) is 7.09. The number of aromatic nitrogens is 1. The fraction of sp³-hybridized carbons (Fsp3) is 0.632. The minimum Gasteiger partial charge on any atom is -0.506 e. The molecule has 1 aromatic carbocycles. The third-order valence-electron chi connectivity index (χ3n) is 6.10. The van der Waals surface area contributed by atoms with E-state index in [1.165, 1.54) is 44.9 Å². The molecule has 2 aliphatic carbocycles. The molecule has 25 heavy (non-hydrogen) atoms. The molecule has 3 atom stereocenters. The highest BCUT2D eigenvalue weighted by Crippen LogP contribution is 2.40. The number of aliphatic hydroxyl groups excluding tert-OH is 1. The maximum absolute atomic E-state index is 11.6. The quantitative estimate of drug-likeness (QED) is 0.658. The summed E-state index contributed by atoms with van der Waals surface area (Å²) in [6.07, 6.45) is 8.56. The molecule has 0 radical (unpaired) electrons. The van der Waals surface area contributed by atoms with Gasteiger partial charge in [-0.25, -0.2) is 0 Å². The Morgan fingerprint density at radius 1 is 1.20 bits per heavy atom. The number of thiazole rings is 1. The van der Waals surface area contributed by atoms with Gasteiger partial charge in [-0.3, -0.25) is 4.79 Å². The molecule has 2 aromatic rings. The van der Waals surface area contributed by atoms with E-state index in [4.69, 9.17) is 0 Å². The maximum atomic E-state index is 11.6. The third-order valence-corrected chi connectivity index (χ3v) is 7.03. The SMILES string of the molecule is O=c1[nH]c2c(O)ccc([C@@H](O)CN[C@H]3CCC[C@@H]3C3CCCC3)c2s1. The summed E-state index contributed by atoms with van der Waals surface area (Å²) in [5.74, 6) is 1.65. The predicted molar refractivity (Wildman–Crippen MR) is 100 cm³/mol. The fourth-order valence-corrected chi connectivity index (χ4v) is 5.78. The van der Waals surface area contributed by atoms with E-state index in [-0.39, 0.29) is 10.6 Å². The summed E-state index contributed by atoms with van der Waals surface area (Å²) in [5, 5.41) is 24.2. The highest BCUT2D eigenvalue weighted by molar-refractivity contribution is 7.16. The monoisotopic (exact) mass is 362 g/mol. The van der Waals surface area contributed by atoms with E-state index in [2.05, 4.69) is 10.3 Å². The summed E-state index contributed by atoms with van der Waals surface area (Å²) in [6, 6.07) is 3.76. The molecule has 6 heteroatoms. The van der Waals surface area contributed by atoms with Gasteiger partial charge in [0.15, 0.2) is 0 Å². The van der Waals surface area contributed by atoms with E-state index in [1.807, 2.05) is 0 Å². The fourth-order valence-electron chi connectivity index (χ4n) is 4.87. The number of hydrogen-bond acceptors (Lipinski definition) is 5. The molecule has 1 aromatic heterocycles. The molecule has 0 aliphatic heterocycles. The van der Waals surface area contributed by atoms with E-state index in [1.54, 1.807) is 12.1 Å². The Morgan fingerprint density at radius 2 is 2.00 bits per heavy atom. The predicted octanol–water partition coefficient (Wildman–Crippen LogP) is 3.28. The zero-order valence-corrected chi connectivity index (χ0v) is 15.1. The Balaban J connectivity index is 1.46. The van der Waals surface area contributed by atoms with Crippen LogP contribution in [0.15, 0.2) is 16.9 Å². The molecule has 4 N–H and O–H groups in total. The summed E-state index contributed by atoms with van der Waals surface area (Å²) in [5.41, 5.74) is 1.13. The third kappa shape index (κ3) is 3.35. The van der Waals surface area contributed by atoms with E-state index in [0.29, 0.717) is 28.4 Å². The lowest BCUT2D eigenvalue weighted by atomic mass is 9.86. The average molecular weight is 362 g/mol. The number of rotatable bonds is 5. The van der Waals surface area contributed by atoms with Crippen molar-refractivity contribution in [3.05, 3.63) is 27.4 Å². The molecular formula is C19H26N2O3S. The van der Waals surface area contributed by atoms with Crippen molar-refractivity contribution in [3.63, 3.8) is 0 Å². The molecule has 0 unspecified atom stereocenters. The van der Waals surface area contributed by atoms with Crippen LogP contribution in [0.5, 0.6) is 5.75 Å².